The van der Waals surface area contributed by atoms with Crippen LogP contribution in [0.3, 0.4) is 0 Å². The molecule has 1 aromatic heterocycles. The number of aliphatic hydroxyl groups is 2. The average Bonchev–Trinajstić information content (AvgIpc) is 2.59. The lowest BCUT2D eigenvalue weighted by Gasteiger charge is -2.03. The number of benzene rings is 1. The molecule has 2 rings (SSSR count). The van der Waals surface area contributed by atoms with E-state index in [9.17, 15) is 0 Å². The highest BCUT2D eigenvalue weighted by Crippen LogP contribution is 2.16. The number of hydrogen-bond acceptors (Lipinski definition) is 5. The number of aliphatic hydroxyl groups excluding tert-OH is 1. The first-order chi connectivity index (χ1) is 6.72. The van der Waals surface area contributed by atoms with E-state index in [0.29, 0.717) is 16.6 Å². The van der Waals surface area contributed by atoms with Gasteiger partial charge in [-0.25, -0.2) is 0 Å². The molecule has 6 nitrogen and oxygen atoms in total. The molecular formula is C8H9N3O3. The molecule has 0 spiro atoms. The highest BCUT2D eigenvalue weighted by molar-refractivity contribution is 5.74. The number of fused-ring (bicyclic) bond motifs is 1. The normalized spacial score (nSPS) is 11.1. The Bertz CT molecular complexity index is 452. The van der Waals surface area contributed by atoms with Crippen LogP contribution in [0.5, 0.6) is 0 Å². The zero-order valence-electron chi connectivity index (χ0n) is 7.45. The summed E-state index contributed by atoms with van der Waals surface area (Å²) in [6, 6.07) is 4.78. The second kappa shape index (κ2) is 3.24. The molecule has 6 heteroatoms. The lowest BCUT2D eigenvalue weighted by atomic mass is 10.2. The first kappa shape index (κ1) is 8.92. The van der Waals surface area contributed by atoms with Crippen LogP contribution in [0.15, 0.2) is 18.2 Å². The Morgan fingerprint density at radius 1 is 1.43 bits per heavy atom. The van der Waals surface area contributed by atoms with Gasteiger partial charge in [0.05, 0.1) is 0 Å². The largest absolute Gasteiger partial charge is 0.398 e. The van der Waals surface area contributed by atoms with Crippen molar-refractivity contribution in [1.29, 1.82) is 0 Å². The fourth-order valence-electron chi connectivity index (χ4n) is 1.21. The molecular weight excluding hydrogens is 186 g/mol. The first-order valence-electron chi connectivity index (χ1n) is 3.98. The lowest BCUT2D eigenvalue weighted by Crippen LogP contribution is -2.07. The van der Waals surface area contributed by atoms with Crippen molar-refractivity contribution < 1.29 is 15.1 Å². The molecule has 0 amide bonds. The Hall–Kier alpha value is -1.66. The summed E-state index contributed by atoms with van der Waals surface area (Å²) in [5, 5.41) is 25.4. The Balaban J connectivity index is 2.61. The van der Waals surface area contributed by atoms with Gasteiger partial charge >= 0.3 is 0 Å². The number of aromatic nitrogens is 3. The molecule has 0 aliphatic rings. The summed E-state index contributed by atoms with van der Waals surface area (Å²) in [5.41, 5.74) is 1.60. The monoisotopic (exact) mass is 195 g/mol. The lowest BCUT2D eigenvalue weighted by molar-refractivity contribution is -0.0424. The van der Waals surface area contributed by atoms with E-state index in [1.54, 1.807) is 18.2 Å². The predicted molar refractivity (Wildman–Crippen MR) is 47.2 cm³/mol. The minimum Gasteiger partial charge on any atom is -0.398 e. The van der Waals surface area contributed by atoms with E-state index in [1.165, 1.54) is 12.0 Å². The molecule has 2 aromatic rings. The van der Waals surface area contributed by atoms with Crippen molar-refractivity contribution in [3.63, 3.8) is 0 Å². The Morgan fingerprint density at radius 3 is 2.86 bits per heavy atom. The van der Waals surface area contributed by atoms with Crippen LogP contribution >= 0.6 is 0 Å². The fraction of sp³-hybridized carbons (Fsp3) is 0.250. The van der Waals surface area contributed by atoms with Gasteiger partial charge in [0.25, 0.3) is 0 Å². The van der Waals surface area contributed by atoms with Crippen molar-refractivity contribution in [1.82, 2.24) is 15.2 Å². The van der Waals surface area contributed by atoms with Gasteiger partial charge in [-0.15, -0.1) is 5.10 Å². The summed E-state index contributed by atoms with van der Waals surface area (Å²) in [7, 11) is 1.45. The second-order valence-corrected chi connectivity index (χ2v) is 2.77. The Labute approximate surface area is 79.3 Å². The molecule has 0 saturated carbocycles. The summed E-state index contributed by atoms with van der Waals surface area (Å²) in [6.45, 7) is 0. The quantitative estimate of drug-likeness (QED) is 0.630. The van der Waals surface area contributed by atoms with Gasteiger partial charge in [-0.3, -0.25) is 0 Å². The maximum absolute atomic E-state index is 8.95. The minimum atomic E-state index is -1.50. The van der Waals surface area contributed by atoms with Crippen LogP contribution in [0.1, 0.15) is 11.9 Å². The van der Waals surface area contributed by atoms with Gasteiger partial charge in [-0.05, 0) is 17.3 Å². The minimum absolute atomic E-state index is 0.373. The van der Waals surface area contributed by atoms with Crippen molar-refractivity contribution in [2.24, 2.45) is 0 Å². The summed E-state index contributed by atoms with van der Waals surface area (Å²) in [5.74, 6) is 0. The van der Waals surface area contributed by atoms with Crippen molar-refractivity contribution >= 4 is 11.0 Å². The third-order valence-electron chi connectivity index (χ3n) is 1.91. The highest BCUT2D eigenvalue weighted by Gasteiger charge is 2.08. The van der Waals surface area contributed by atoms with Gasteiger partial charge in [0.2, 0.25) is 0 Å². The van der Waals surface area contributed by atoms with Crippen LogP contribution in [-0.4, -0.2) is 32.5 Å². The highest BCUT2D eigenvalue weighted by atomic mass is 16.7. The van der Waals surface area contributed by atoms with Gasteiger partial charge in [-0.2, -0.15) is 0 Å². The van der Waals surface area contributed by atoms with Gasteiger partial charge in [0.15, 0.2) is 6.29 Å². The molecule has 74 valence electrons. The number of rotatable bonds is 2. The average molecular weight is 195 g/mol. The van der Waals surface area contributed by atoms with Crippen molar-refractivity contribution in [2.75, 3.05) is 7.11 Å². The molecule has 14 heavy (non-hydrogen) atoms. The summed E-state index contributed by atoms with van der Waals surface area (Å²) in [4.78, 5) is 6.09. The SMILES string of the molecule is COn1nnc2ccc(C(O)O)cc21. The van der Waals surface area contributed by atoms with Crippen molar-refractivity contribution in [2.45, 2.75) is 6.29 Å². The van der Waals surface area contributed by atoms with Crippen LogP contribution < -0.4 is 4.84 Å². The molecule has 0 fully saturated rings. The predicted octanol–water partition coefficient (Wildman–Crippen LogP) is -0.527. The molecule has 0 saturated heterocycles. The van der Waals surface area contributed by atoms with Gasteiger partial charge in [0.1, 0.15) is 18.1 Å². The van der Waals surface area contributed by atoms with Crippen LogP contribution in [0.25, 0.3) is 11.0 Å². The second-order valence-electron chi connectivity index (χ2n) is 2.77. The number of hydrogen-bond donors (Lipinski definition) is 2. The molecule has 0 radical (unpaired) electrons. The van der Waals surface area contributed by atoms with Crippen LogP contribution in [0.2, 0.25) is 0 Å². The Kier molecular flexibility index (Phi) is 2.06. The van der Waals surface area contributed by atoms with E-state index in [1.807, 2.05) is 0 Å². The molecule has 0 unspecified atom stereocenters. The number of nitrogens with zero attached hydrogens (tertiary/aromatic N) is 3. The molecule has 0 atom stereocenters. The molecule has 1 heterocycles. The zero-order valence-corrected chi connectivity index (χ0v) is 7.45. The van der Waals surface area contributed by atoms with Crippen LogP contribution in [-0.2, 0) is 0 Å². The van der Waals surface area contributed by atoms with E-state index < -0.39 is 6.29 Å². The molecule has 0 aliphatic carbocycles. The third-order valence-corrected chi connectivity index (χ3v) is 1.91. The van der Waals surface area contributed by atoms with Crippen LogP contribution in [0, 0.1) is 0 Å². The first-order valence-corrected chi connectivity index (χ1v) is 3.98. The fourth-order valence-corrected chi connectivity index (χ4v) is 1.21. The maximum Gasteiger partial charge on any atom is 0.178 e. The van der Waals surface area contributed by atoms with Crippen molar-refractivity contribution in [3.05, 3.63) is 23.8 Å². The Morgan fingerprint density at radius 2 is 2.21 bits per heavy atom. The third kappa shape index (κ3) is 1.30. The zero-order chi connectivity index (χ0) is 10.1. The van der Waals surface area contributed by atoms with Gasteiger partial charge < -0.3 is 15.1 Å². The van der Waals surface area contributed by atoms with Gasteiger partial charge in [-0.1, -0.05) is 10.9 Å². The van der Waals surface area contributed by atoms with E-state index in [0.717, 1.165) is 0 Å². The van der Waals surface area contributed by atoms with Crippen molar-refractivity contribution in [3.8, 4) is 0 Å². The molecule has 1 aromatic carbocycles. The van der Waals surface area contributed by atoms with E-state index in [2.05, 4.69) is 10.3 Å². The van der Waals surface area contributed by atoms with Crippen LogP contribution in [0.4, 0.5) is 0 Å². The standard InChI is InChI=1S/C8H9N3O3/c1-14-11-7-4-5(8(12)13)2-3-6(7)9-10-11/h2-4,8,12-13H,1H3. The molecule has 0 aliphatic heterocycles. The molecule has 0 bridgehead atoms. The summed E-state index contributed by atoms with van der Waals surface area (Å²) < 4.78 is 0. The van der Waals surface area contributed by atoms with E-state index >= 15 is 0 Å². The van der Waals surface area contributed by atoms with Gasteiger partial charge in [0, 0.05) is 5.56 Å². The smallest absolute Gasteiger partial charge is 0.178 e. The maximum atomic E-state index is 8.95. The molecule has 2 N–H and O–H groups in total. The van der Waals surface area contributed by atoms with E-state index in [4.69, 9.17) is 15.1 Å². The summed E-state index contributed by atoms with van der Waals surface area (Å²) >= 11 is 0. The topological polar surface area (TPSA) is 80.4 Å². The summed E-state index contributed by atoms with van der Waals surface area (Å²) in [6.07, 6.45) is -1.50. The van der Waals surface area contributed by atoms with E-state index in [-0.39, 0.29) is 0 Å².